The van der Waals surface area contributed by atoms with Gasteiger partial charge in [-0.1, -0.05) is 72.8 Å². The number of benzene rings is 4. The monoisotopic (exact) mass is 474 g/mol. The molecule has 36 heavy (non-hydrogen) atoms. The van der Waals surface area contributed by atoms with E-state index in [1.165, 1.54) is 44.8 Å². The third-order valence-corrected chi connectivity index (χ3v) is 7.17. The van der Waals surface area contributed by atoms with Crippen molar-refractivity contribution in [3.63, 3.8) is 0 Å². The summed E-state index contributed by atoms with van der Waals surface area (Å²) in [6.45, 7) is 15.5. The second-order valence-electron chi connectivity index (χ2n) is 11.9. The fourth-order valence-electron chi connectivity index (χ4n) is 5.31. The Labute approximate surface area is 217 Å². The lowest BCUT2D eigenvalue weighted by molar-refractivity contribution is 0.500. The number of nitrogens with zero attached hydrogens (tertiary/aromatic N) is 2. The molecule has 0 radical (unpaired) electrons. The van der Waals surface area contributed by atoms with Crippen molar-refractivity contribution in [1.29, 1.82) is 0 Å². The fourth-order valence-corrected chi connectivity index (χ4v) is 5.31. The summed E-state index contributed by atoms with van der Waals surface area (Å²) in [5, 5.41) is 0. The van der Waals surface area contributed by atoms with Gasteiger partial charge in [-0.25, -0.2) is 0 Å². The molecule has 184 valence electrons. The minimum Gasteiger partial charge on any atom is -0.362 e. The van der Waals surface area contributed by atoms with E-state index in [0.717, 1.165) is 13.1 Å². The van der Waals surface area contributed by atoms with Crippen molar-refractivity contribution in [2.75, 3.05) is 9.80 Å². The molecule has 0 N–H and O–H groups in total. The number of hydrogen-bond acceptors (Lipinski definition) is 2. The van der Waals surface area contributed by atoms with Gasteiger partial charge in [-0.2, -0.15) is 0 Å². The molecule has 4 bridgehead atoms. The zero-order valence-corrected chi connectivity index (χ0v) is 22.5. The van der Waals surface area contributed by atoms with Crippen LogP contribution in [0.1, 0.15) is 52.7 Å². The SMILES string of the molecule is CC(C)(C)N1Cc2cccc(c2)-c2ccccc2N(C(C)(C)C)Cc2cccc(c2)-c2ccccc21. The molecule has 0 saturated heterocycles. The third kappa shape index (κ3) is 4.78. The molecule has 4 aromatic carbocycles. The maximum absolute atomic E-state index is 2.55. The molecule has 0 saturated carbocycles. The van der Waals surface area contributed by atoms with E-state index >= 15 is 0 Å². The molecular weight excluding hydrogens is 436 g/mol. The van der Waals surface area contributed by atoms with E-state index in [1.807, 2.05) is 0 Å². The lowest BCUT2D eigenvalue weighted by Gasteiger charge is -2.40. The summed E-state index contributed by atoms with van der Waals surface area (Å²) in [5.41, 5.74) is 10.2. The van der Waals surface area contributed by atoms with E-state index in [0.29, 0.717) is 0 Å². The van der Waals surface area contributed by atoms with Gasteiger partial charge in [0.05, 0.1) is 0 Å². The molecule has 1 aliphatic heterocycles. The third-order valence-electron chi connectivity index (χ3n) is 7.17. The van der Waals surface area contributed by atoms with Gasteiger partial charge in [-0.15, -0.1) is 0 Å². The smallest absolute Gasteiger partial charge is 0.0453 e. The largest absolute Gasteiger partial charge is 0.362 e. The predicted octanol–water partition coefficient (Wildman–Crippen LogP) is 8.94. The predicted molar refractivity (Wildman–Crippen MR) is 156 cm³/mol. The van der Waals surface area contributed by atoms with Crippen LogP contribution in [0.15, 0.2) is 97.1 Å². The highest BCUT2D eigenvalue weighted by Crippen LogP contribution is 2.39. The molecular formula is C34H38N2. The van der Waals surface area contributed by atoms with Gasteiger partial charge in [0.2, 0.25) is 0 Å². The molecule has 1 aliphatic rings. The molecule has 0 unspecified atom stereocenters. The van der Waals surface area contributed by atoms with Gasteiger partial charge in [0.15, 0.2) is 0 Å². The average Bonchev–Trinajstić information content (AvgIpc) is 2.84. The Morgan fingerprint density at radius 2 is 0.861 bits per heavy atom. The van der Waals surface area contributed by atoms with Crippen LogP contribution in [0.2, 0.25) is 0 Å². The van der Waals surface area contributed by atoms with Crippen LogP contribution in [-0.2, 0) is 13.1 Å². The summed E-state index contributed by atoms with van der Waals surface area (Å²) in [4.78, 5) is 5.10. The average molecular weight is 475 g/mol. The van der Waals surface area contributed by atoms with Crippen molar-refractivity contribution in [3.8, 4) is 22.3 Å². The van der Waals surface area contributed by atoms with Crippen LogP contribution in [0.3, 0.4) is 0 Å². The van der Waals surface area contributed by atoms with E-state index in [9.17, 15) is 0 Å². The van der Waals surface area contributed by atoms with E-state index in [1.54, 1.807) is 0 Å². The number of hydrogen-bond donors (Lipinski definition) is 0. The quantitative estimate of drug-likeness (QED) is 0.251. The molecule has 1 heterocycles. The van der Waals surface area contributed by atoms with Crippen LogP contribution in [0, 0.1) is 0 Å². The second kappa shape index (κ2) is 9.17. The highest BCUT2D eigenvalue weighted by Gasteiger charge is 2.27. The standard InChI is InChI=1S/C34H38N2/c1-33(2,3)35-23-25-13-11-16-28(21-25)30-18-8-10-20-32(30)36(34(4,5)6)24-26-14-12-15-27(22-26)29-17-7-9-19-31(29)35/h7-22H,23-24H2,1-6H3. The molecule has 0 amide bonds. The minimum atomic E-state index is -0.0400. The molecule has 4 aromatic rings. The molecule has 2 nitrogen and oxygen atoms in total. The second-order valence-corrected chi connectivity index (χ2v) is 11.9. The zero-order chi connectivity index (χ0) is 25.5. The summed E-state index contributed by atoms with van der Waals surface area (Å²) in [5.74, 6) is 0. The maximum atomic E-state index is 2.55. The zero-order valence-electron chi connectivity index (χ0n) is 22.5. The summed E-state index contributed by atoms with van der Waals surface area (Å²) in [7, 11) is 0. The van der Waals surface area contributed by atoms with Crippen molar-refractivity contribution < 1.29 is 0 Å². The Balaban J connectivity index is 1.79. The van der Waals surface area contributed by atoms with Gasteiger partial charge in [0, 0.05) is 46.7 Å². The molecule has 2 heteroatoms. The Morgan fingerprint density at radius 1 is 0.472 bits per heavy atom. The van der Waals surface area contributed by atoms with Gasteiger partial charge >= 0.3 is 0 Å². The van der Waals surface area contributed by atoms with Crippen molar-refractivity contribution in [2.45, 2.75) is 65.7 Å². The first-order valence-corrected chi connectivity index (χ1v) is 13.0. The molecule has 0 atom stereocenters. The van der Waals surface area contributed by atoms with Gasteiger partial charge in [0.25, 0.3) is 0 Å². The Kier molecular flexibility index (Phi) is 6.16. The van der Waals surface area contributed by atoms with Gasteiger partial charge in [-0.05, 0) is 88.1 Å². The number of rotatable bonds is 0. The van der Waals surface area contributed by atoms with Crippen LogP contribution < -0.4 is 9.80 Å². The molecule has 0 spiro atoms. The lowest BCUT2D eigenvalue weighted by atomic mass is 9.93. The minimum absolute atomic E-state index is 0.0400. The van der Waals surface area contributed by atoms with Crippen molar-refractivity contribution in [1.82, 2.24) is 0 Å². The Hall–Kier alpha value is -3.52. The summed E-state index contributed by atoms with van der Waals surface area (Å²) < 4.78 is 0. The first-order valence-electron chi connectivity index (χ1n) is 13.0. The molecule has 0 aliphatic carbocycles. The van der Waals surface area contributed by atoms with Crippen LogP contribution in [0.5, 0.6) is 0 Å². The number of fused-ring (bicyclic) bond motifs is 8. The molecule has 5 rings (SSSR count). The number of anilines is 2. The first kappa shape index (κ1) is 24.2. The summed E-state index contributed by atoms with van der Waals surface area (Å²) in [6.07, 6.45) is 0. The van der Waals surface area contributed by atoms with E-state index < -0.39 is 0 Å². The topological polar surface area (TPSA) is 6.48 Å². The lowest BCUT2D eigenvalue weighted by Crippen LogP contribution is -2.41. The van der Waals surface area contributed by atoms with E-state index in [-0.39, 0.29) is 11.1 Å². The summed E-state index contributed by atoms with van der Waals surface area (Å²) in [6, 6.07) is 36.0. The number of para-hydroxylation sites is 2. The van der Waals surface area contributed by atoms with Crippen LogP contribution in [0.25, 0.3) is 22.3 Å². The molecule has 0 fully saturated rings. The van der Waals surface area contributed by atoms with Crippen LogP contribution in [-0.4, -0.2) is 11.1 Å². The first-order chi connectivity index (χ1) is 17.1. The van der Waals surface area contributed by atoms with Gasteiger partial charge in [0.1, 0.15) is 0 Å². The van der Waals surface area contributed by atoms with E-state index in [2.05, 4.69) is 148 Å². The van der Waals surface area contributed by atoms with Crippen molar-refractivity contribution in [3.05, 3.63) is 108 Å². The maximum Gasteiger partial charge on any atom is 0.0453 e. The van der Waals surface area contributed by atoms with E-state index in [4.69, 9.17) is 0 Å². The summed E-state index contributed by atoms with van der Waals surface area (Å²) >= 11 is 0. The fraction of sp³-hybridized carbons (Fsp3) is 0.294. The van der Waals surface area contributed by atoms with Gasteiger partial charge in [-0.3, -0.25) is 0 Å². The normalized spacial score (nSPS) is 14.1. The highest BCUT2D eigenvalue weighted by atomic mass is 15.2. The van der Waals surface area contributed by atoms with Crippen molar-refractivity contribution in [2.24, 2.45) is 0 Å². The highest BCUT2D eigenvalue weighted by molar-refractivity contribution is 5.82. The molecule has 0 aromatic heterocycles. The van der Waals surface area contributed by atoms with Crippen LogP contribution >= 0.6 is 0 Å². The Morgan fingerprint density at radius 3 is 1.25 bits per heavy atom. The van der Waals surface area contributed by atoms with Gasteiger partial charge < -0.3 is 9.80 Å². The van der Waals surface area contributed by atoms with Crippen molar-refractivity contribution >= 4 is 11.4 Å². The Bertz CT molecular complexity index is 1260. The van der Waals surface area contributed by atoms with Crippen LogP contribution in [0.4, 0.5) is 11.4 Å².